The molecule has 2 heterocycles. The summed E-state index contributed by atoms with van der Waals surface area (Å²) < 4.78 is 52.6. The highest BCUT2D eigenvalue weighted by atomic mass is 32.2. The Morgan fingerprint density at radius 1 is 1.07 bits per heavy atom. The zero-order valence-corrected chi connectivity index (χ0v) is 18.8. The van der Waals surface area contributed by atoms with E-state index in [-0.39, 0.29) is 11.3 Å². The number of nitrogens with zero attached hydrogens (tertiary/aromatic N) is 1. The number of hydrogen-bond acceptors (Lipinski definition) is 5. The van der Waals surface area contributed by atoms with E-state index in [9.17, 15) is 12.8 Å². The molecule has 0 unspecified atom stereocenters. The van der Waals surface area contributed by atoms with Gasteiger partial charge in [0.2, 0.25) is 0 Å². The standard InChI is InChI=1S/C21H29BFNO4S/c1-14-21(10-7-11-21)29(25,26)13-20(6,24-14)16-12-15(8-9-17(16)23)22-27-18(2,3)19(4,5)28-22/h8-9,12H,7,10-11,13H2,1-6H3/t20-/m0/s1. The molecule has 1 spiro atoms. The van der Waals surface area contributed by atoms with Crippen LogP contribution in [-0.4, -0.2) is 42.9 Å². The zero-order valence-electron chi connectivity index (χ0n) is 18.0. The smallest absolute Gasteiger partial charge is 0.399 e. The molecule has 158 valence electrons. The Morgan fingerprint density at radius 3 is 2.14 bits per heavy atom. The van der Waals surface area contributed by atoms with Crippen LogP contribution in [0, 0.1) is 5.82 Å². The summed E-state index contributed by atoms with van der Waals surface area (Å²) in [7, 11) is -4.08. The number of halogens is 1. The third-order valence-electron chi connectivity index (χ3n) is 7.40. The van der Waals surface area contributed by atoms with Crippen molar-refractivity contribution in [3.05, 3.63) is 29.6 Å². The van der Waals surface area contributed by atoms with Crippen LogP contribution in [0.5, 0.6) is 0 Å². The molecular weight excluding hydrogens is 392 g/mol. The molecule has 1 aromatic carbocycles. The number of rotatable bonds is 2. The predicted molar refractivity (Wildman–Crippen MR) is 113 cm³/mol. The first-order valence-electron chi connectivity index (χ1n) is 10.2. The quantitative estimate of drug-likeness (QED) is 0.689. The second-order valence-electron chi connectivity index (χ2n) is 9.91. The molecular formula is C21H29BFNO4S. The van der Waals surface area contributed by atoms with Gasteiger partial charge in [-0.2, -0.15) is 0 Å². The van der Waals surface area contributed by atoms with E-state index >= 15 is 0 Å². The average molecular weight is 421 g/mol. The molecule has 1 atom stereocenters. The summed E-state index contributed by atoms with van der Waals surface area (Å²) >= 11 is 0. The molecule has 0 N–H and O–H groups in total. The van der Waals surface area contributed by atoms with Gasteiger partial charge >= 0.3 is 7.12 Å². The minimum atomic E-state index is -3.44. The lowest BCUT2D eigenvalue weighted by Gasteiger charge is -2.47. The normalized spacial score (nSPS) is 31.4. The predicted octanol–water partition coefficient (Wildman–Crippen LogP) is 3.15. The molecule has 0 bridgehead atoms. The Labute approximate surface area is 173 Å². The number of sulfone groups is 1. The van der Waals surface area contributed by atoms with Crippen molar-refractivity contribution in [3.8, 4) is 0 Å². The summed E-state index contributed by atoms with van der Waals surface area (Å²) in [4.78, 5) is 4.76. The summed E-state index contributed by atoms with van der Waals surface area (Å²) in [5.74, 6) is -0.662. The van der Waals surface area contributed by atoms with Crippen molar-refractivity contribution >= 4 is 28.1 Å². The number of hydrogen-bond donors (Lipinski definition) is 0. The van der Waals surface area contributed by atoms with Crippen LogP contribution < -0.4 is 5.46 Å². The number of benzene rings is 1. The van der Waals surface area contributed by atoms with Crippen molar-refractivity contribution in [2.24, 2.45) is 4.99 Å². The van der Waals surface area contributed by atoms with Crippen LogP contribution in [0.4, 0.5) is 4.39 Å². The minimum Gasteiger partial charge on any atom is -0.399 e. The van der Waals surface area contributed by atoms with Crippen molar-refractivity contribution in [2.75, 3.05) is 5.75 Å². The van der Waals surface area contributed by atoms with Gasteiger partial charge in [-0.3, -0.25) is 4.99 Å². The first-order valence-corrected chi connectivity index (χ1v) is 11.8. The minimum absolute atomic E-state index is 0.193. The van der Waals surface area contributed by atoms with E-state index in [2.05, 4.69) is 0 Å². The van der Waals surface area contributed by atoms with Crippen molar-refractivity contribution in [1.82, 2.24) is 0 Å². The van der Waals surface area contributed by atoms with Gasteiger partial charge in [0, 0.05) is 11.3 Å². The van der Waals surface area contributed by atoms with Crippen LogP contribution in [0.25, 0.3) is 0 Å². The van der Waals surface area contributed by atoms with Gasteiger partial charge in [-0.15, -0.1) is 0 Å². The largest absolute Gasteiger partial charge is 0.494 e. The van der Waals surface area contributed by atoms with Gasteiger partial charge in [0.1, 0.15) is 10.6 Å². The molecule has 3 aliphatic rings. The molecule has 1 saturated carbocycles. The molecule has 0 radical (unpaired) electrons. The molecule has 0 amide bonds. The second kappa shape index (κ2) is 6.14. The molecule has 8 heteroatoms. The van der Waals surface area contributed by atoms with Crippen molar-refractivity contribution < 1.29 is 22.1 Å². The van der Waals surface area contributed by atoms with Crippen LogP contribution >= 0.6 is 0 Å². The van der Waals surface area contributed by atoms with E-state index in [1.54, 1.807) is 26.0 Å². The third-order valence-corrected chi connectivity index (χ3v) is 10.2. The fourth-order valence-electron chi connectivity index (χ4n) is 4.63. The van der Waals surface area contributed by atoms with E-state index in [1.807, 2.05) is 27.7 Å². The molecule has 2 aliphatic heterocycles. The molecule has 2 fully saturated rings. The van der Waals surface area contributed by atoms with Crippen molar-refractivity contribution in [2.45, 2.75) is 82.3 Å². The highest BCUT2D eigenvalue weighted by Gasteiger charge is 2.57. The van der Waals surface area contributed by atoms with E-state index in [0.29, 0.717) is 24.0 Å². The van der Waals surface area contributed by atoms with E-state index in [1.165, 1.54) is 6.07 Å². The van der Waals surface area contributed by atoms with Crippen LogP contribution in [-0.2, 0) is 24.7 Å². The fraction of sp³-hybridized carbons (Fsp3) is 0.667. The zero-order chi connectivity index (χ0) is 21.5. The van der Waals surface area contributed by atoms with Crippen LogP contribution in [0.3, 0.4) is 0 Å². The highest BCUT2D eigenvalue weighted by molar-refractivity contribution is 7.93. The molecule has 4 rings (SSSR count). The molecule has 1 aliphatic carbocycles. The number of aliphatic imine (C=N–C) groups is 1. The van der Waals surface area contributed by atoms with Gasteiger partial charge in [-0.1, -0.05) is 12.1 Å². The Bertz CT molecular complexity index is 984. The molecule has 0 aromatic heterocycles. The van der Waals surface area contributed by atoms with Crippen molar-refractivity contribution in [1.29, 1.82) is 0 Å². The summed E-state index contributed by atoms with van der Waals surface area (Å²) in [6, 6.07) is 4.64. The molecule has 1 saturated heterocycles. The Kier molecular flexibility index (Phi) is 4.45. The summed E-state index contributed by atoms with van der Waals surface area (Å²) in [5, 5.41) is 0. The van der Waals surface area contributed by atoms with Crippen LogP contribution in [0.2, 0.25) is 0 Å². The maximum atomic E-state index is 14.9. The van der Waals surface area contributed by atoms with Gasteiger partial charge in [0.25, 0.3) is 0 Å². The van der Waals surface area contributed by atoms with Crippen LogP contribution in [0.15, 0.2) is 23.2 Å². The van der Waals surface area contributed by atoms with Gasteiger partial charge in [-0.25, -0.2) is 12.8 Å². The van der Waals surface area contributed by atoms with Gasteiger partial charge in [0.15, 0.2) is 9.84 Å². The first-order chi connectivity index (χ1) is 13.2. The Balaban J connectivity index is 1.76. The van der Waals surface area contributed by atoms with E-state index in [4.69, 9.17) is 14.3 Å². The van der Waals surface area contributed by atoms with Crippen molar-refractivity contribution in [3.63, 3.8) is 0 Å². The summed E-state index contributed by atoms with van der Waals surface area (Å²) in [6.45, 7) is 11.3. The second-order valence-corrected chi connectivity index (χ2v) is 12.2. The van der Waals surface area contributed by atoms with E-state index in [0.717, 1.165) is 6.42 Å². The van der Waals surface area contributed by atoms with Gasteiger partial charge < -0.3 is 9.31 Å². The lowest BCUT2D eigenvalue weighted by atomic mass is 9.76. The third kappa shape index (κ3) is 2.93. The maximum absolute atomic E-state index is 14.9. The molecule has 29 heavy (non-hydrogen) atoms. The maximum Gasteiger partial charge on any atom is 0.494 e. The average Bonchev–Trinajstić information content (AvgIpc) is 2.72. The van der Waals surface area contributed by atoms with Gasteiger partial charge in [-0.05, 0) is 72.3 Å². The fourth-order valence-corrected chi connectivity index (χ4v) is 7.27. The summed E-state index contributed by atoms with van der Waals surface area (Å²) in [5.41, 5.74) is -0.686. The molecule has 1 aromatic rings. The lowest BCUT2D eigenvalue weighted by Crippen LogP contribution is -2.58. The monoisotopic (exact) mass is 421 g/mol. The van der Waals surface area contributed by atoms with Gasteiger partial charge in [0.05, 0.1) is 22.5 Å². The topological polar surface area (TPSA) is 65.0 Å². The Hall–Kier alpha value is -1.25. The molecule has 5 nitrogen and oxygen atoms in total. The SMILES string of the molecule is CC1=N[C@](C)(c2cc(B3OC(C)(C)C(C)(C)O3)ccc2F)CS(=O)(=O)C12CCC2. The van der Waals surface area contributed by atoms with Crippen LogP contribution in [0.1, 0.15) is 66.4 Å². The summed E-state index contributed by atoms with van der Waals surface area (Å²) in [6.07, 6.45) is 2.10. The lowest BCUT2D eigenvalue weighted by molar-refractivity contribution is 0.00578. The van der Waals surface area contributed by atoms with E-state index < -0.39 is 44.3 Å². The Morgan fingerprint density at radius 2 is 1.66 bits per heavy atom. The highest BCUT2D eigenvalue weighted by Crippen LogP contribution is 2.48. The first kappa shape index (κ1) is 21.0.